The molecule has 5 nitrogen and oxygen atoms in total. The number of aliphatic imine (C=N–C) groups is 1. The van der Waals surface area contributed by atoms with E-state index in [-0.39, 0.29) is 11.3 Å². The molecule has 2 unspecified atom stereocenters. The van der Waals surface area contributed by atoms with E-state index in [1.54, 1.807) is 22.7 Å². The van der Waals surface area contributed by atoms with E-state index in [1.165, 1.54) is 0 Å². The molecule has 2 saturated heterocycles. The Kier molecular flexibility index (Phi) is 5.20. The fourth-order valence-electron chi connectivity index (χ4n) is 4.59. The Morgan fingerprint density at radius 2 is 1.35 bits per heavy atom. The second-order valence-electron chi connectivity index (χ2n) is 7.64. The van der Waals surface area contributed by atoms with Gasteiger partial charge in [0.05, 0.1) is 5.54 Å². The molecular formula is C25H21N3O2S. The van der Waals surface area contributed by atoms with Crippen molar-refractivity contribution in [1.82, 2.24) is 10.2 Å². The van der Waals surface area contributed by atoms with Gasteiger partial charge in [-0.15, -0.1) is 11.8 Å². The van der Waals surface area contributed by atoms with Crippen molar-refractivity contribution in [2.24, 2.45) is 4.99 Å². The Morgan fingerprint density at radius 1 is 0.871 bits per heavy atom. The number of hydrogen-bond acceptors (Lipinski definition) is 5. The summed E-state index contributed by atoms with van der Waals surface area (Å²) in [5.74, 6) is 0.574. The zero-order chi connectivity index (χ0) is 21.3. The molecule has 2 fully saturated rings. The zero-order valence-corrected chi connectivity index (χ0v) is 17.5. The molecule has 3 aromatic rings. The van der Waals surface area contributed by atoms with Gasteiger partial charge in [0.2, 0.25) is 12.0 Å². The standard InChI is InChI=1S/C25H21N3O2S/c29-17-26-21-16-31-24-22(23(30)28(21)24)27-25(18-10-4-1-5-11-18,19-12-6-2-7-13-19)20-14-8-3-9-15-20/h1-15,21-22,24,27H,16H2/t21?,22?,24-/m1/s1. The second kappa shape index (κ2) is 8.16. The largest absolute Gasteiger partial charge is 0.303 e. The number of carbonyl (C=O) groups excluding carboxylic acids is 2. The Labute approximate surface area is 185 Å². The maximum absolute atomic E-state index is 13.2. The first-order chi connectivity index (χ1) is 15.3. The molecule has 5 rings (SSSR count). The van der Waals surface area contributed by atoms with E-state index in [0.717, 1.165) is 16.7 Å². The van der Waals surface area contributed by atoms with E-state index in [4.69, 9.17) is 0 Å². The Morgan fingerprint density at radius 3 is 1.81 bits per heavy atom. The molecule has 3 atom stereocenters. The molecule has 2 aliphatic rings. The fourth-order valence-corrected chi connectivity index (χ4v) is 5.97. The predicted molar refractivity (Wildman–Crippen MR) is 121 cm³/mol. The van der Waals surface area contributed by atoms with Crippen LogP contribution in [0.15, 0.2) is 96.0 Å². The fraction of sp³-hybridized carbons (Fsp3) is 0.200. The van der Waals surface area contributed by atoms with Crippen LogP contribution in [-0.2, 0) is 15.1 Å². The molecule has 3 aromatic carbocycles. The molecular weight excluding hydrogens is 406 g/mol. The summed E-state index contributed by atoms with van der Waals surface area (Å²) in [6.45, 7) is 0. The van der Waals surface area contributed by atoms with Crippen LogP contribution in [-0.4, -0.2) is 40.2 Å². The normalized spacial score (nSPS) is 22.4. The molecule has 0 aliphatic carbocycles. The highest BCUT2D eigenvalue weighted by atomic mass is 32.2. The van der Waals surface area contributed by atoms with Gasteiger partial charge >= 0.3 is 0 Å². The van der Waals surface area contributed by atoms with Gasteiger partial charge in [-0.1, -0.05) is 91.0 Å². The molecule has 154 valence electrons. The van der Waals surface area contributed by atoms with E-state index in [9.17, 15) is 9.59 Å². The van der Waals surface area contributed by atoms with E-state index < -0.39 is 17.7 Å². The van der Waals surface area contributed by atoms with Gasteiger partial charge in [-0.25, -0.2) is 4.79 Å². The van der Waals surface area contributed by atoms with Crippen LogP contribution in [0.4, 0.5) is 0 Å². The second-order valence-corrected chi connectivity index (χ2v) is 8.79. The van der Waals surface area contributed by atoms with Crippen molar-refractivity contribution in [3.8, 4) is 0 Å². The van der Waals surface area contributed by atoms with E-state index in [2.05, 4.69) is 46.7 Å². The minimum absolute atomic E-state index is 0.0360. The summed E-state index contributed by atoms with van der Waals surface area (Å²) in [5.41, 5.74) is 2.47. The van der Waals surface area contributed by atoms with Gasteiger partial charge < -0.3 is 4.90 Å². The van der Waals surface area contributed by atoms with Gasteiger partial charge in [0.1, 0.15) is 17.6 Å². The number of nitrogens with zero attached hydrogens (tertiary/aromatic N) is 2. The zero-order valence-electron chi connectivity index (χ0n) is 16.7. The number of rotatable bonds is 6. The maximum atomic E-state index is 13.2. The summed E-state index contributed by atoms with van der Waals surface area (Å²) in [6.07, 6.45) is 1.18. The third-order valence-corrected chi connectivity index (χ3v) is 7.34. The topological polar surface area (TPSA) is 61.8 Å². The van der Waals surface area contributed by atoms with Gasteiger partial charge in [-0.3, -0.25) is 10.1 Å². The van der Waals surface area contributed by atoms with Crippen LogP contribution < -0.4 is 5.32 Å². The van der Waals surface area contributed by atoms with Crippen LogP contribution in [0.3, 0.4) is 0 Å². The van der Waals surface area contributed by atoms with Crippen molar-refractivity contribution in [2.45, 2.75) is 23.1 Å². The lowest BCUT2D eigenvalue weighted by atomic mass is 9.76. The summed E-state index contributed by atoms with van der Waals surface area (Å²) in [7, 11) is 0. The number of amides is 1. The van der Waals surface area contributed by atoms with E-state index in [0.29, 0.717) is 5.75 Å². The van der Waals surface area contributed by atoms with Crippen molar-refractivity contribution < 1.29 is 9.59 Å². The molecule has 31 heavy (non-hydrogen) atoms. The first-order valence-corrected chi connectivity index (χ1v) is 11.3. The molecule has 1 N–H and O–H groups in total. The smallest absolute Gasteiger partial charge is 0.245 e. The molecule has 2 aliphatic heterocycles. The first kappa shape index (κ1) is 19.8. The summed E-state index contributed by atoms with van der Waals surface area (Å²) in [5, 5.41) is 3.68. The molecule has 0 saturated carbocycles. The van der Waals surface area contributed by atoms with Crippen LogP contribution in [0.5, 0.6) is 0 Å². The highest BCUT2D eigenvalue weighted by Gasteiger charge is 2.57. The highest BCUT2D eigenvalue weighted by molar-refractivity contribution is 8.00. The lowest BCUT2D eigenvalue weighted by Gasteiger charge is -2.49. The van der Waals surface area contributed by atoms with Crippen molar-refractivity contribution >= 4 is 23.7 Å². The lowest BCUT2D eigenvalue weighted by Crippen LogP contribution is -2.71. The SMILES string of the molecule is O=C=NC1CS[C@@H]2C(NC(c3ccccc3)(c3ccccc3)c3ccccc3)C(=O)N12. The van der Waals surface area contributed by atoms with Crippen LogP contribution in [0.25, 0.3) is 0 Å². The number of carbonyl (C=O) groups is 1. The third-order valence-electron chi connectivity index (χ3n) is 6.01. The van der Waals surface area contributed by atoms with Gasteiger partial charge in [0.25, 0.3) is 0 Å². The first-order valence-electron chi connectivity index (χ1n) is 10.2. The van der Waals surface area contributed by atoms with Crippen LogP contribution in [0, 0.1) is 0 Å². The monoisotopic (exact) mass is 427 g/mol. The average molecular weight is 428 g/mol. The number of nitrogens with one attached hydrogen (secondary N) is 1. The van der Waals surface area contributed by atoms with Gasteiger partial charge in [0, 0.05) is 5.75 Å². The van der Waals surface area contributed by atoms with Crippen LogP contribution >= 0.6 is 11.8 Å². The number of β-lactam (4-membered cyclic amide) rings is 1. The summed E-state index contributed by atoms with van der Waals surface area (Å²) < 4.78 is 0. The molecule has 0 radical (unpaired) electrons. The van der Waals surface area contributed by atoms with Crippen molar-refractivity contribution in [2.75, 3.05) is 5.75 Å². The molecule has 6 heteroatoms. The molecule has 0 aromatic heterocycles. The van der Waals surface area contributed by atoms with Crippen molar-refractivity contribution in [1.29, 1.82) is 0 Å². The Bertz CT molecular complexity index is 1020. The number of benzene rings is 3. The Hall–Kier alpha value is -3.18. The number of fused-ring (bicyclic) bond motifs is 1. The Balaban J connectivity index is 1.63. The molecule has 2 heterocycles. The number of isocyanates is 1. The summed E-state index contributed by atoms with van der Waals surface area (Å²) >= 11 is 1.65. The van der Waals surface area contributed by atoms with E-state index in [1.807, 2.05) is 54.6 Å². The minimum Gasteiger partial charge on any atom is -0.303 e. The van der Waals surface area contributed by atoms with Crippen molar-refractivity contribution in [3.63, 3.8) is 0 Å². The quantitative estimate of drug-likeness (QED) is 0.283. The van der Waals surface area contributed by atoms with Gasteiger partial charge in [-0.05, 0) is 16.7 Å². The van der Waals surface area contributed by atoms with E-state index >= 15 is 0 Å². The maximum Gasteiger partial charge on any atom is 0.245 e. The lowest BCUT2D eigenvalue weighted by molar-refractivity contribution is -0.148. The summed E-state index contributed by atoms with van der Waals surface area (Å²) in [6, 6.07) is 30.3. The minimum atomic E-state index is -0.706. The van der Waals surface area contributed by atoms with Gasteiger partial charge in [-0.2, -0.15) is 4.99 Å². The van der Waals surface area contributed by atoms with Crippen LogP contribution in [0.1, 0.15) is 16.7 Å². The number of hydrogen-bond donors (Lipinski definition) is 1. The number of thioether (sulfide) groups is 1. The average Bonchev–Trinajstić information content (AvgIpc) is 3.21. The van der Waals surface area contributed by atoms with Gasteiger partial charge in [0.15, 0.2) is 0 Å². The third kappa shape index (κ3) is 3.20. The summed E-state index contributed by atoms with van der Waals surface area (Å²) in [4.78, 5) is 29.4. The highest BCUT2D eigenvalue weighted by Crippen LogP contribution is 2.44. The van der Waals surface area contributed by atoms with Crippen molar-refractivity contribution in [3.05, 3.63) is 108 Å². The molecule has 1 amide bonds. The van der Waals surface area contributed by atoms with Crippen LogP contribution in [0.2, 0.25) is 0 Å². The molecule has 0 spiro atoms. The predicted octanol–water partition coefficient (Wildman–Crippen LogP) is 3.51. The molecule has 0 bridgehead atoms.